The van der Waals surface area contributed by atoms with E-state index in [-0.39, 0.29) is 16.9 Å². The van der Waals surface area contributed by atoms with Crippen molar-refractivity contribution in [2.45, 2.75) is 13.5 Å². The molecule has 1 aromatic carbocycles. The van der Waals surface area contributed by atoms with E-state index in [1.54, 1.807) is 6.92 Å². The molecule has 0 saturated carbocycles. The first-order chi connectivity index (χ1) is 6.61. The molecule has 0 saturated heterocycles. The van der Waals surface area contributed by atoms with Crippen LogP contribution in [0.2, 0.25) is 0 Å². The minimum atomic E-state index is -1.01. The molecule has 5 heteroatoms. The fourth-order valence-corrected chi connectivity index (χ4v) is 1.17. The van der Waals surface area contributed by atoms with Crippen molar-refractivity contribution in [1.29, 1.82) is 0 Å². The quantitative estimate of drug-likeness (QED) is 0.650. The monoisotopic (exact) mass is 202 g/mol. The lowest BCUT2D eigenvalue weighted by atomic mass is 10.1. The van der Waals surface area contributed by atoms with Gasteiger partial charge in [-0.2, -0.15) is 0 Å². The lowest BCUT2D eigenvalue weighted by Gasteiger charge is -2.12. The molecular formula is C9H12F2N2O. The van der Waals surface area contributed by atoms with Gasteiger partial charge in [0, 0.05) is 12.1 Å². The van der Waals surface area contributed by atoms with Crippen molar-refractivity contribution < 1.29 is 13.9 Å². The molecule has 0 bridgehead atoms. The largest absolute Gasteiger partial charge is 0.397 e. The maximum atomic E-state index is 13.2. The topological polar surface area (TPSA) is 58.3 Å². The first-order valence-electron chi connectivity index (χ1n) is 4.22. The van der Waals surface area contributed by atoms with Crippen LogP contribution in [-0.2, 0) is 6.61 Å². The van der Waals surface area contributed by atoms with E-state index in [0.29, 0.717) is 6.54 Å². The number of benzene rings is 1. The standard InChI is InChI=1S/C9H12F2N2O/c1-2-13-9-7(11)6(10)3-5(4-14)8(9)12/h3,13-14H,2,4,12H2,1H3. The molecule has 0 aliphatic heterocycles. The third kappa shape index (κ3) is 1.77. The Balaban J connectivity index is 3.29. The highest BCUT2D eigenvalue weighted by molar-refractivity contribution is 5.70. The van der Waals surface area contributed by atoms with E-state index >= 15 is 0 Å². The minimum absolute atomic E-state index is 0.0493. The lowest BCUT2D eigenvalue weighted by Crippen LogP contribution is -2.08. The number of nitrogens with one attached hydrogen (secondary N) is 1. The van der Waals surface area contributed by atoms with Gasteiger partial charge in [-0.05, 0) is 13.0 Å². The first-order valence-corrected chi connectivity index (χ1v) is 4.22. The minimum Gasteiger partial charge on any atom is -0.397 e. The van der Waals surface area contributed by atoms with Crippen molar-refractivity contribution in [2.75, 3.05) is 17.6 Å². The maximum absolute atomic E-state index is 13.2. The highest BCUT2D eigenvalue weighted by atomic mass is 19.2. The molecular weight excluding hydrogens is 190 g/mol. The van der Waals surface area contributed by atoms with Crippen molar-refractivity contribution in [3.63, 3.8) is 0 Å². The van der Waals surface area contributed by atoms with Gasteiger partial charge in [0.05, 0.1) is 18.0 Å². The molecule has 0 spiro atoms. The summed E-state index contributed by atoms with van der Waals surface area (Å²) in [4.78, 5) is 0. The van der Waals surface area contributed by atoms with Gasteiger partial charge in [0.2, 0.25) is 0 Å². The lowest BCUT2D eigenvalue weighted by molar-refractivity contribution is 0.281. The number of rotatable bonds is 3. The Bertz CT molecular complexity index is 342. The number of anilines is 2. The van der Waals surface area contributed by atoms with Crippen LogP contribution in [0.5, 0.6) is 0 Å². The van der Waals surface area contributed by atoms with Crippen LogP contribution in [0.1, 0.15) is 12.5 Å². The second kappa shape index (κ2) is 4.23. The highest BCUT2D eigenvalue weighted by Crippen LogP contribution is 2.28. The second-order valence-electron chi connectivity index (χ2n) is 2.81. The Morgan fingerprint density at radius 1 is 1.50 bits per heavy atom. The molecule has 0 unspecified atom stereocenters. The highest BCUT2D eigenvalue weighted by Gasteiger charge is 2.15. The van der Waals surface area contributed by atoms with Gasteiger partial charge in [0.1, 0.15) is 0 Å². The van der Waals surface area contributed by atoms with Gasteiger partial charge in [0.15, 0.2) is 11.6 Å². The normalized spacial score (nSPS) is 10.3. The summed E-state index contributed by atoms with van der Waals surface area (Å²) in [6.07, 6.45) is 0. The van der Waals surface area contributed by atoms with Gasteiger partial charge in [-0.25, -0.2) is 8.78 Å². The van der Waals surface area contributed by atoms with E-state index in [0.717, 1.165) is 6.07 Å². The van der Waals surface area contributed by atoms with Crippen LogP contribution in [0, 0.1) is 11.6 Å². The third-order valence-electron chi connectivity index (χ3n) is 1.87. The van der Waals surface area contributed by atoms with E-state index in [1.165, 1.54) is 0 Å². The van der Waals surface area contributed by atoms with E-state index in [9.17, 15) is 8.78 Å². The summed E-state index contributed by atoms with van der Waals surface area (Å²) in [5.41, 5.74) is 5.66. The average molecular weight is 202 g/mol. The molecule has 0 amide bonds. The third-order valence-corrected chi connectivity index (χ3v) is 1.87. The summed E-state index contributed by atoms with van der Waals surface area (Å²) < 4.78 is 26.1. The number of halogens is 2. The molecule has 0 heterocycles. The van der Waals surface area contributed by atoms with Gasteiger partial charge < -0.3 is 16.2 Å². The molecule has 78 valence electrons. The smallest absolute Gasteiger partial charge is 0.184 e. The number of aliphatic hydroxyl groups excluding tert-OH is 1. The Labute approximate surface area is 80.5 Å². The number of nitrogen functional groups attached to an aromatic ring is 1. The van der Waals surface area contributed by atoms with Gasteiger partial charge in [-0.15, -0.1) is 0 Å². The summed E-state index contributed by atoms with van der Waals surface area (Å²) in [5, 5.41) is 11.4. The fourth-order valence-electron chi connectivity index (χ4n) is 1.17. The van der Waals surface area contributed by atoms with Crippen molar-refractivity contribution >= 4 is 11.4 Å². The molecule has 0 aliphatic carbocycles. The van der Waals surface area contributed by atoms with Crippen molar-refractivity contribution in [3.8, 4) is 0 Å². The van der Waals surface area contributed by atoms with Gasteiger partial charge >= 0.3 is 0 Å². The second-order valence-corrected chi connectivity index (χ2v) is 2.81. The van der Waals surface area contributed by atoms with Gasteiger partial charge in [-0.1, -0.05) is 0 Å². The summed E-state index contributed by atoms with van der Waals surface area (Å²) >= 11 is 0. The van der Waals surface area contributed by atoms with Crippen molar-refractivity contribution in [2.24, 2.45) is 0 Å². The average Bonchev–Trinajstić information content (AvgIpc) is 2.18. The van der Waals surface area contributed by atoms with E-state index in [4.69, 9.17) is 10.8 Å². The Hall–Kier alpha value is -1.36. The van der Waals surface area contributed by atoms with Crippen molar-refractivity contribution in [1.82, 2.24) is 0 Å². The van der Waals surface area contributed by atoms with Crippen LogP contribution in [0.25, 0.3) is 0 Å². The van der Waals surface area contributed by atoms with Crippen LogP contribution < -0.4 is 11.1 Å². The van der Waals surface area contributed by atoms with Crippen LogP contribution in [0.15, 0.2) is 6.07 Å². The van der Waals surface area contributed by atoms with Gasteiger partial charge in [0.25, 0.3) is 0 Å². The Kier molecular flexibility index (Phi) is 3.24. The molecule has 1 rings (SSSR count). The SMILES string of the molecule is CCNc1c(N)c(CO)cc(F)c1F. The summed E-state index contributed by atoms with van der Waals surface area (Å²) in [7, 11) is 0. The number of aliphatic hydroxyl groups is 1. The zero-order chi connectivity index (χ0) is 10.7. The van der Waals surface area contributed by atoms with Crippen LogP contribution in [0.4, 0.5) is 20.2 Å². The molecule has 4 N–H and O–H groups in total. The fraction of sp³-hybridized carbons (Fsp3) is 0.333. The number of hydrogen-bond acceptors (Lipinski definition) is 3. The molecule has 0 atom stereocenters. The van der Waals surface area contributed by atoms with Crippen LogP contribution in [0.3, 0.4) is 0 Å². The summed E-state index contributed by atoms with van der Waals surface area (Å²) in [6, 6.07) is 0.894. The van der Waals surface area contributed by atoms with Crippen molar-refractivity contribution in [3.05, 3.63) is 23.3 Å². The van der Waals surface area contributed by atoms with Crippen LogP contribution in [-0.4, -0.2) is 11.7 Å². The molecule has 14 heavy (non-hydrogen) atoms. The number of nitrogens with two attached hydrogens (primary N) is 1. The molecule has 0 aromatic heterocycles. The zero-order valence-corrected chi connectivity index (χ0v) is 7.77. The van der Waals surface area contributed by atoms with E-state index < -0.39 is 18.2 Å². The summed E-state index contributed by atoms with van der Waals surface area (Å²) in [6.45, 7) is 1.75. The number of hydrogen-bond donors (Lipinski definition) is 3. The van der Waals surface area contributed by atoms with Crippen LogP contribution >= 0.6 is 0 Å². The molecule has 3 nitrogen and oxygen atoms in total. The first kappa shape index (κ1) is 10.7. The molecule has 0 radical (unpaired) electrons. The molecule has 0 fully saturated rings. The molecule has 1 aromatic rings. The van der Waals surface area contributed by atoms with E-state index in [1.807, 2.05) is 0 Å². The van der Waals surface area contributed by atoms with E-state index in [2.05, 4.69) is 5.32 Å². The maximum Gasteiger partial charge on any atom is 0.184 e. The predicted octanol–water partition coefficient (Wildman–Crippen LogP) is 1.47. The van der Waals surface area contributed by atoms with Gasteiger partial charge in [-0.3, -0.25) is 0 Å². The molecule has 0 aliphatic rings. The summed E-state index contributed by atoms with van der Waals surface area (Å²) in [5.74, 6) is -2.03. The Morgan fingerprint density at radius 2 is 2.14 bits per heavy atom. The Morgan fingerprint density at radius 3 is 2.64 bits per heavy atom. The zero-order valence-electron chi connectivity index (χ0n) is 7.77. The predicted molar refractivity (Wildman–Crippen MR) is 50.9 cm³/mol.